The Morgan fingerprint density at radius 1 is 1.07 bits per heavy atom. The van der Waals surface area contributed by atoms with Crippen LogP contribution in [0.2, 0.25) is 0 Å². The van der Waals surface area contributed by atoms with Crippen molar-refractivity contribution in [1.82, 2.24) is 20.9 Å². The van der Waals surface area contributed by atoms with Crippen LogP contribution in [0, 0.1) is 0 Å². The number of carbonyl (C=O) groups excluding carboxylic acids is 1. The first-order valence-electron chi connectivity index (χ1n) is 10.8. The van der Waals surface area contributed by atoms with Gasteiger partial charge >= 0.3 is 0 Å². The molecule has 0 spiro atoms. The van der Waals surface area contributed by atoms with Crippen LogP contribution in [0.3, 0.4) is 0 Å². The van der Waals surface area contributed by atoms with Crippen molar-refractivity contribution in [2.45, 2.75) is 38.9 Å². The highest BCUT2D eigenvalue weighted by Gasteiger charge is 2.24. The molecule has 1 atom stereocenters. The summed E-state index contributed by atoms with van der Waals surface area (Å²) < 4.78 is 0. The molecule has 1 aliphatic heterocycles. The summed E-state index contributed by atoms with van der Waals surface area (Å²) >= 11 is 0. The molecule has 1 heterocycles. The van der Waals surface area contributed by atoms with Gasteiger partial charge in [-0.3, -0.25) is 14.7 Å². The number of guanidine groups is 1. The monoisotopic (exact) mass is 407 g/mol. The predicted molar refractivity (Wildman–Crippen MR) is 123 cm³/mol. The molecule has 1 amide bonds. The molecule has 160 valence electrons. The Hall–Kier alpha value is -2.86. The highest BCUT2D eigenvalue weighted by Crippen LogP contribution is 2.19. The summed E-state index contributed by atoms with van der Waals surface area (Å²) in [7, 11) is 1.79. The predicted octanol–water partition coefficient (Wildman–Crippen LogP) is 2.77. The van der Waals surface area contributed by atoms with E-state index in [0.717, 1.165) is 31.2 Å². The topological polar surface area (TPSA) is 68.8 Å². The molecule has 0 bridgehead atoms. The molecule has 0 aliphatic carbocycles. The number of rotatable bonds is 8. The molecule has 1 unspecified atom stereocenters. The van der Waals surface area contributed by atoms with Gasteiger partial charge in [-0.05, 0) is 49.6 Å². The molecule has 2 aromatic rings. The zero-order chi connectivity index (χ0) is 21.2. The molecule has 1 aliphatic rings. The normalized spacial score (nSPS) is 17.0. The van der Waals surface area contributed by atoms with Gasteiger partial charge in [0.2, 0.25) is 0 Å². The van der Waals surface area contributed by atoms with Crippen molar-refractivity contribution in [3.8, 4) is 0 Å². The van der Waals surface area contributed by atoms with E-state index in [1.54, 1.807) is 7.05 Å². The van der Waals surface area contributed by atoms with Crippen LogP contribution in [0.15, 0.2) is 59.6 Å². The number of hydrogen-bond acceptors (Lipinski definition) is 3. The summed E-state index contributed by atoms with van der Waals surface area (Å²) in [5.74, 6) is 0.742. The fraction of sp³-hybridized carbons (Fsp3) is 0.417. The molecule has 0 aromatic heterocycles. The molecule has 3 rings (SSSR count). The summed E-state index contributed by atoms with van der Waals surface area (Å²) in [5.41, 5.74) is 3.09. The van der Waals surface area contributed by atoms with E-state index in [2.05, 4.69) is 56.2 Å². The number of aliphatic imine (C=N–C) groups is 1. The lowest BCUT2D eigenvalue weighted by Crippen LogP contribution is -2.44. The van der Waals surface area contributed by atoms with Crippen LogP contribution in [-0.4, -0.2) is 49.5 Å². The first kappa shape index (κ1) is 21.8. The molecule has 0 radical (unpaired) electrons. The van der Waals surface area contributed by atoms with Gasteiger partial charge in [0.25, 0.3) is 5.91 Å². The maximum absolute atomic E-state index is 12.0. The molecule has 30 heavy (non-hydrogen) atoms. The Morgan fingerprint density at radius 2 is 1.87 bits per heavy atom. The van der Waals surface area contributed by atoms with Crippen molar-refractivity contribution in [3.05, 3.63) is 71.3 Å². The van der Waals surface area contributed by atoms with Gasteiger partial charge in [-0.15, -0.1) is 0 Å². The van der Waals surface area contributed by atoms with E-state index >= 15 is 0 Å². The van der Waals surface area contributed by atoms with Crippen LogP contribution < -0.4 is 16.0 Å². The Labute approximate surface area is 179 Å². The van der Waals surface area contributed by atoms with E-state index < -0.39 is 0 Å². The zero-order valence-corrected chi connectivity index (χ0v) is 18.0. The summed E-state index contributed by atoms with van der Waals surface area (Å²) in [6, 6.07) is 18.8. The first-order chi connectivity index (χ1) is 14.7. The summed E-state index contributed by atoms with van der Waals surface area (Å²) in [4.78, 5) is 18.9. The average Bonchev–Trinajstić information content (AvgIpc) is 3.22. The third-order valence-corrected chi connectivity index (χ3v) is 5.44. The molecule has 1 fully saturated rings. The van der Waals surface area contributed by atoms with Gasteiger partial charge < -0.3 is 16.0 Å². The van der Waals surface area contributed by atoms with Crippen molar-refractivity contribution in [1.29, 1.82) is 0 Å². The first-order valence-corrected chi connectivity index (χ1v) is 10.8. The summed E-state index contributed by atoms with van der Waals surface area (Å²) in [6.07, 6.45) is 2.43. The lowest BCUT2D eigenvalue weighted by Gasteiger charge is -2.25. The van der Waals surface area contributed by atoms with Crippen LogP contribution in [0.4, 0.5) is 0 Å². The van der Waals surface area contributed by atoms with Crippen molar-refractivity contribution in [3.63, 3.8) is 0 Å². The standard InChI is InChI=1S/C24H33N5O/c1-3-26-23(30)21-12-7-11-20(15-21)16-27-24(25-2)28-17-22-13-8-14-29(22)18-19-9-5-4-6-10-19/h4-7,9-12,15,22H,3,8,13-14,16-18H2,1-2H3,(H,26,30)(H2,25,27,28). The second kappa shape index (κ2) is 11.4. The Kier molecular flexibility index (Phi) is 8.27. The van der Waals surface area contributed by atoms with Crippen LogP contribution in [0.5, 0.6) is 0 Å². The van der Waals surface area contributed by atoms with Crippen molar-refractivity contribution in [2.75, 3.05) is 26.7 Å². The third-order valence-electron chi connectivity index (χ3n) is 5.44. The number of amides is 1. The lowest BCUT2D eigenvalue weighted by molar-refractivity contribution is 0.0955. The minimum absolute atomic E-state index is 0.0402. The second-order valence-corrected chi connectivity index (χ2v) is 7.62. The SMILES string of the molecule is CCNC(=O)c1cccc(CNC(=NC)NCC2CCCN2Cc2ccccc2)c1. The van der Waals surface area contributed by atoms with Gasteiger partial charge in [0.15, 0.2) is 5.96 Å². The van der Waals surface area contributed by atoms with E-state index in [1.807, 2.05) is 31.2 Å². The molecule has 6 heteroatoms. The maximum atomic E-state index is 12.0. The molecule has 2 aromatic carbocycles. The smallest absolute Gasteiger partial charge is 0.251 e. The van der Waals surface area contributed by atoms with Crippen LogP contribution in [0.1, 0.15) is 41.3 Å². The van der Waals surface area contributed by atoms with E-state index in [-0.39, 0.29) is 5.91 Å². The van der Waals surface area contributed by atoms with E-state index in [9.17, 15) is 4.79 Å². The summed E-state index contributed by atoms with van der Waals surface area (Å²) in [5, 5.41) is 9.67. The maximum Gasteiger partial charge on any atom is 0.251 e. The van der Waals surface area contributed by atoms with E-state index in [4.69, 9.17) is 0 Å². The fourth-order valence-electron chi connectivity index (χ4n) is 3.86. The van der Waals surface area contributed by atoms with Gasteiger partial charge in [0.05, 0.1) is 0 Å². The van der Waals surface area contributed by atoms with Gasteiger partial charge in [0.1, 0.15) is 0 Å². The van der Waals surface area contributed by atoms with Crippen molar-refractivity contribution >= 4 is 11.9 Å². The molecule has 6 nitrogen and oxygen atoms in total. The lowest BCUT2D eigenvalue weighted by atomic mass is 10.1. The number of hydrogen-bond donors (Lipinski definition) is 3. The number of carbonyl (C=O) groups is 1. The van der Waals surface area contributed by atoms with Crippen molar-refractivity contribution in [2.24, 2.45) is 4.99 Å². The van der Waals surface area contributed by atoms with Gasteiger partial charge in [-0.2, -0.15) is 0 Å². The van der Waals surface area contributed by atoms with Crippen LogP contribution >= 0.6 is 0 Å². The average molecular weight is 408 g/mol. The highest BCUT2D eigenvalue weighted by molar-refractivity contribution is 5.94. The number of likely N-dealkylation sites (tertiary alicyclic amines) is 1. The minimum Gasteiger partial charge on any atom is -0.355 e. The third kappa shape index (κ3) is 6.32. The number of nitrogens with one attached hydrogen (secondary N) is 3. The van der Waals surface area contributed by atoms with E-state index in [0.29, 0.717) is 24.7 Å². The molecule has 1 saturated heterocycles. The Balaban J connectivity index is 1.49. The number of benzene rings is 2. The molecular weight excluding hydrogens is 374 g/mol. The molecule has 3 N–H and O–H groups in total. The van der Waals surface area contributed by atoms with Crippen molar-refractivity contribution < 1.29 is 4.79 Å². The minimum atomic E-state index is -0.0402. The van der Waals surface area contributed by atoms with Gasteiger partial charge in [-0.25, -0.2) is 0 Å². The van der Waals surface area contributed by atoms with Gasteiger partial charge in [0, 0.05) is 44.8 Å². The van der Waals surface area contributed by atoms with Gasteiger partial charge in [-0.1, -0.05) is 42.5 Å². The quantitative estimate of drug-likeness (QED) is 0.465. The zero-order valence-electron chi connectivity index (χ0n) is 18.0. The van der Waals surface area contributed by atoms with Crippen LogP contribution in [-0.2, 0) is 13.1 Å². The molecular formula is C24H33N5O. The van der Waals surface area contributed by atoms with Crippen LogP contribution in [0.25, 0.3) is 0 Å². The Bertz CT molecular complexity index is 836. The fourth-order valence-corrected chi connectivity index (χ4v) is 3.86. The molecule has 0 saturated carbocycles. The largest absolute Gasteiger partial charge is 0.355 e. The second-order valence-electron chi connectivity index (χ2n) is 7.62. The highest BCUT2D eigenvalue weighted by atomic mass is 16.1. The Morgan fingerprint density at radius 3 is 2.63 bits per heavy atom. The number of nitrogens with zero attached hydrogens (tertiary/aromatic N) is 2. The van der Waals surface area contributed by atoms with E-state index in [1.165, 1.54) is 18.4 Å². The summed E-state index contributed by atoms with van der Waals surface area (Å²) in [6.45, 7) is 6.16.